The zero-order valence-electron chi connectivity index (χ0n) is 13.7. The third-order valence-corrected chi connectivity index (χ3v) is 4.27. The molecule has 0 radical (unpaired) electrons. The van der Waals surface area contributed by atoms with Gasteiger partial charge in [-0.05, 0) is 38.3 Å². The summed E-state index contributed by atoms with van der Waals surface area (Å²) >= 11 is 0. The molecule has 2 N–H and O–H groups in total. The highest BCUT2D eigenvalue weighted by Crippen LogP contribution is 2.40. The van der Waals surface area contributed by atoms with Crippen LogP contribution in [0, 0.1) is 13.8 Å². The minimum Gasteiger partial charge on any atom is -0.338 e. The minimum absolute atomic E-state index is 0.0678. The highest BCUT2D eigenvalue weighted by atomic mass is 16.2. The summed E-state index contributed by atoms with van der Waals surface area (Å²) in [7, 11) is 0. The Morgan fingerprint density at radius 2 is 2.09 bits per heavy atom. The van der Waals surface area contributed by atoms with Crippen molar-refractivity contribution in [3.8, 4) is 0 Å². The number of rotatable bonds is 6. The quantitative estimate of drug-likeness (QED) is 0.806. The van der Waals surface area contributed by atoms with Crippen molar-refractivity contribution >= 4 is 6.03 Å². The first-order valence-corrected chi connectivity index (χ1v) is 8.24. The van der Waals surface area contributed by atoms with E-state index in [1.807, 2.05) is 29.8 Å². The number of nitrogens with one attached hydrogen (secondary N) is 2. The van der Waals surface area contributed by atoms with Crippen molar-refractivity contribution in [2.24, 2.45) is 0 Å². The van der Waals surface area contributed by atoms with Gasteiger partial charge in [0.05, 0.1) is 5.69 Å². The fourth-order valence-electron chi connectivity index (χ4n) is 2.97. The summed E-state index contributed by atoms with van der Waals surface area (Å²) in [6, 6.07) is 12.6. The SMILES string of the molecule is Cc1cc(C)n(CCCNC(=O)NC2CC2c2ccccc2)n1. The van der Waals surface area contributed by atoms with Crippen LogP contribution in [0.15, 0.2) is 36.4 Å². The molecule has 0 saturated heterocycles. The summed E-state index contributed by atoms with van der Waals surface area (Å²) in [5, 5.41) is 10.4. The van der Waals surface area contributed by atoms with Crippen LogP contribution in [0.3, 0.4) is 0 Å². The Kier molecular flexibility index (Phi) is 4.65. The zero-order chi connectivity index (χ0) is 16.2. The van der Waals surface area contributed by atoms with E-state index in [1.165, 1.54) is 5.56 Å². The van der Waals surface area contributed by atoms with E-state index in [0.717, 1.165) is 30.8 Å². The summed E-state index contributed by atoms with van der Waals surface area (Å²) in [5.74, 6) is 0.469. The van der Waals surface area contributed by atoms with Crippen LogP contribution in [0.1, 0.15) is 35.7 Å². The van der Waals surface area contributed by atoms with Gasteiger partial charge in [-0.25, -0.2) is 4.79 Å². The number of amides is 2. The van der Waals surface area contributed by atoms with E-state index in [2.05, 4.69) is 40.9 Å². The van der Waals surface area contributed by atoms with Gasteiger partial charge in [0.25, 0.3) is 0 Å². The molecule has 0 bridgehead atoms. The molecular weight excluding hydrogens is 288 g/mol. The highest BCUT2D eigenvalue weighted by molar-refractivity contribution is 5.74. The monoisotopic (exact) mass is 312 g/mol. The van der Waals surface area contributed by atoms with Crippen LogP contribution in [0.5, 0.6) is 0 Å². The predicted molar refractivity (Wildman–Crippen MR) is 90.4 cm³/mol. The van der Waals surface area contributed by atoms with E-state index in [1.54, 1.807) is 0 Å². The molecule has 1 aliphatic carbocycles. The molecule has 5 nitrogen and oxygen atoms in total. The van der Waals surface area contributed by atoms with Crippen molar-refractivity contribution in [3.05, 3.63) is 53.3 Å². The van der Waals surface area contributed by atoms with Gasteiger partial charge in [0, 0.05) is 30.7 Å². The van der Waals surface area contributed by atoms with Crippen LogP contribution >= 0.6 is 0 Å². The van der Waals surface area contributed by atoms with E-state index >= 15 is 0 Å². The molecular formula is C18H24N4O. The summed E-state index contributed by atoms with van der Waals surface area (Å²) in [6.45, 7) is 5.54. The molecule has 0 aliphatic heterocycles. The van der Waals surface area contributed by atoms with Crippen LogP contribution in [-0.2, 0) is 6.54 Å². The summed E-state index contributed by atoms with van der Waals surface area (Å²) in [5.41, 5.74) is 3.51. The lowest BCUT2D eigenvalue weighted by molar-refractivity contribution is 0.240. The molecule has 1 aromatic heterocycles. The average molecular weight is 312 g/mol. The van der Waals surface area contributed by atoms with Crippen molar-refractivity contribution in [1.82, 2.24) is 20.4 Å². The maximum absolute atomic E-state index is 11.9. The standard InChI is InChI=1S/C18H24N4O/c1-13-11-14(2)22(21-13)10-6-9-19-18(23)20-17-12-16(17)15-7-4-3-5-8-15/h3-5,7-8,11,16-17H,6,9-10,12H2,1-2H3,(H2,19,20,23). The van der Waals surface area contributed by atoms with Gasteiger partial charge in [-0.2, -0.15) is 5.10 Å². The molecule has 2 aromatic rings. The Morgan fingerprint density at radius 1 is 1.30 bits per heavy atom. The first-order chi connectivity index (χ1) is 11.1. The lowest BCUT2D eigenvalue weighted by atomic mass is 10.1. The summed E-state index contributed by atoms with van der Waals surface area (Å²) in [4.78, 5) is 11.9. The average Bonchev–Trinajstić information content (AvgIpc) is 3.22. The van der Waals surface area contributed by atoms with Crippen LogP contribution in [0.2, 0.25) is 0 Å². The first-order valence-electron chi connectivity index (χ1n) is 8.24. The fourth-order valence-corrected chi connectivity index (χ4v) is 2.97. The van der Waals surface area contributed by atoms with Crippen molar-refractivity contribution in [1.29, 1.82) is 0 Å². The molecule has 0 spiro atoms. The van der Waals surface area contributed by atoms with E-state index in [-0.39, 0.29) is 12.1 Å². The number of aryl methyl sites for hydroxylation is 3. The second kappa shape index (κ2) is 6.86. The van der Waals surface area contributed by atoms with Gasteiger partial charge in [-0.15, -0.1) is 0 Å². The van der Waals surface area contributed by atoms with Gasteiger partial charge in [-0.1, -0.05) is 30.3 Å². The number of carbonyl (C=O) groups excluding carboxylic acids is 1. The lowest BCUT2D eigenvalue weighted by Gasteiger charge is -2.08. The third-order valence-electron chi connectivity index (χ3n) is 4.27. The number of carbonyl (C=O) groups is 1. The van der Waals surface area contributed by atoms with Crippen LogP contribution in [0.25, 0.3) is 0 Å². The zero-order valence-corrected chi connectivity index (χ0v) is 13.7. The number of aromatic nitrogens is 2. The topological polar surface area (TPSA) is 59.0 Å². The molecule has 5 heteroatoms. The van der Waals surface area contributed by atoms with Gasteiger partial charge in [0.2, 0.25) is 0 Å². The van der Waals surface area contributed by atoms with E-state index in [0.29, 0.717) is 12.5 Å². The predicted octanol–water partition coefficient (Wildman–Crippen LogP) is 2.75. The molecule has 23 heavy (non-hydrogen) atoms. The van der Waals surface area contributed by atoms with Crippen molar-refractivity contribution in [2.75, 3.05) is 6.54 Å². The molecule has 1 aromatic carbocycles. The number of hydrogen-bond acceptors (Lipinski definition) is 2. The van der Waals surface area contributed by atoms with Gasteiger partial charge in [-0.3, -0.25) is 4.68 Å². The Bertz CT molecular complexity index is 665. The number of nitrogens with zero attached hydrogens (tertiary/aromatic N) is 2. The second-order valence-corrected chi connectivity index (χ2v) is 6.26. The molecule has 1 aliphatic rings. The van der Waals surface area contributed by atoms with E-state index < -0.39 is 0 Å². The van der Waals surface area contributed by atoms with Gasteiger partial charge in [0.1, 0.15) is 0 Å². The van der Waals surface area contributed by atoms with Crippen molar-refractivity contribution < 1.29 is 4.79 Å². The van der Waals surface area contributed by atoms with Crippen LogP contribution in [-0.4, -0.2) is 28.4 Å². The smallest absolute Gasteiger partial charge is 0.315 e. The number of benzene rings is 1. The fraction of sp³-hybridized carbons (Fsp3) is 0.444. The van der Waals surface area contributed by atoms with Gasteiger partial charge in [0.15, 0.2) is 0 Å². The lowest BCUT2D eigenvalue weighted by Crippen LogP contribution is -2.38. The Hall–Kier alpha value is -2.30. The number of hydrogen-bond donors (Lipinski definition) is 2. The third kappa shape index (κ3) is 4.12. The molecule has 2 amide bonds. The van der Waals surface area contributed by atoms with Gasteiger partial charge >= 0.3 is 6.03 Å². The normalized spacial score (nSPS) is 19.4. The maximum Gasteiger partial charge on any atom is 0.315 e. The van der Waals surface area contributed by atoms with Crippen molar-refractivity contribution in [2.45, 2.75) is 45.2 Å². The summed E-state index contributed by atoms with van der Waals surface area (Å²) < 4.78 is 1.99. The summed E-state index contributed by atoms with van der Waals surface area (Å²) in [6.07, 6.45) is 1.91. The minimum atomic E-state index is -0.0678. The van der Waals surface area contributed by atoms with Crippen molar-refractivity contribution in [3.63, 3.8) is 0 Å². The molecule has 3 rings (SSSR count). The molecule has 1 heterocycles. The first kappa shape index (κ1) is 15.6. The molecule has 2 unspecified atom stereocenters. The van der Waals surface area contributed by atoms with E-state index in [9.17, 15) is 4.79 Å². The largest absolute Gasteiger partial charge is 0.338 e. The maximum atomic E-state index is 11.9. The Morgan fingerprint density at radius 3 is 2.78 bits per heavy atom. The molecule has 2 atom stereocenters. The Labute approximate surface area is 137 Å². The molecule has 1 fully saturated rings. The van der Waals surface area contributed by atoms with Crippen LogP contribution in [0.4, 0.5) is 4.79 Å². The highest BCUT2D eigenvalue weighted by Gasteiger charge is 2.39. The molecule has 1 saturated carbocycles. The number of urea groups is 1. The van der Waals surface area contributed by atoms with E-state index in [4.69, 9.17) is 0 Å². The van der Waals surface area contributed by atoms with Crippen LogP contribution < -0.4 is 10.6 Å². The Balaban J connectivity index is 1.34. The molecule has 122 valence electrons. The second-order valence-electron chi connectivity index (χ2n) is 6.26. The van der Waals surface area contributed by atoms with Gasteiger partial charge < -0.3 is 10.6 Å².